The smallest absolute Gasteiger partial charge is 0.195 e. The summed E-state index contributed by atoms with van der Waals surface area (Å²) in [6.45, 7) is 8.76. The summed E-state index contributed by atoms with van der Waals surface area (Å²) in [5.74, 6) is 1.67. The van der Waals surface area contributed by atoms with Crippen LogP contribution < -0.4 is 0 Å². The molecule has 0 aliphatic rings. The van der Waals surface area contributed by atoms with E-state index >= 15 is 0 Å². The Kier molecular flexibility index (Phi) is 5.19. The van der Waals surface area contributed by atoms with E-state index in [-0.39, 0.29) is 0 Å². The second kappa shape index (κ2) is 6.18. The Bertz CT molecular complexity index is 365. The third-order valence-corrected chi connectivity index (χ3v) is 3.30. The Balaban J connectivity index is 2.96. The first-order valence-corrected chi connectivity index (χ1v) is 6.69. The van der Waals surface area contributed by atoms with Crippen molar-refractivity contribution in [3.05, 3.63) is 10.6 Å². The van der Waals surface area contributed by atoms with Crippen molar-refractivity contribution >= 4 is 12.2 Å². The second-order valence-corrected chi connectivity index (χ2v) is 4.98. The van der Waals surface area contributed by atoms with Gasteiger partial charge in [-0.2, -0.15) is 5.10 Å². The van der Waals surface area contributed by atoms with Gasteiger partial charge in [0.2, 0.25) is 0 Å². The summed E-state index contributed by atoms with van der Waals surface area (Å²) >= 11 is 5.27. The largest absolute Gasteiger partial charge is 0.301 e. The van der Waals surface area contributed by atoms with Gasteiger partial charge in [-0.25, -0.2) is 0 Å². The van der Waals surface area contributed by atoms with Crippen LogP contribution in [0.2, 0.25) is 0 Å². The molecule has 0 amide bonds. The van der Waals surface area contributed by atoms with Crippen molar-refractivity contribution in [2.45, 2.75) is 65.3 Å². The van der Waals surface area contributed by atoms with Gasteiger partial charge in [-0.05, 0) is 38.9 Å². The quantitative estimate of drug-likeness (QED) is 0.757. The van der Waals surface area contributed by atoms with Crippen molar-refractivity contribution in [1.29, 1.82) is 0 Å². The van der Waals surface area contributed by atoms with E-state index in [1.54, 1.807) is 0 Å². The highest BCUT2D eigenvalue weighted by molar-refractivity contribution is 7.71. The molecule has 92 valence electrons. The molecule has 4 heteroatoms. The van der Waals surface area contributed by atoms with Gasteiger partial charge >= 0.3 is 0 Å². The molecule has 0 spiro atoms. The highest BCUT2D eigenvalue weighted by Crippen LogP contribution is 2.25. The van der Waals surface area contributed by atoms with Crippen molar-refractivity contribution in [2.24, 2.45) is 0 Å². The minimum atomic E-state index is 0.386. The first-order valence-electron chi connectivity index (χ1n) is 6.28. The maximum Gasteiger partial charge on any atom is 0.195 e. The van der Waals surface area contributed by atoms with Crippen molar-refractivity contribution < 1.29 is 0 Å². The molecule has 0 bridgehead atoms. The fraction of sp³-hybridized carbons (Fsp3) is 0.833. The summed E-state index contributed by atoms with van der Waals surface area (Å²) in [7, 11) is 0. The van der Waals surface area contributed by atoms with Gasteiger partial charge in [0.1, 0.15) is 5.82 Å². The number of aromatic nitrogens is 3. The molecule has 0 saturated heterocycles. The van der Waals surface area contributed by atoms with Crippen LogP contribution >= 0.6 is 12.2 Å². The van der Waals surface area contributed by atoms with Gasteiger partial charge in [-0.3, -0.25) is 5.10 Å². The molecule has 1 aromatic rings. The number of hydrogen-bond acceptors (Lipinski definition) is 2. The molecule has 0 aromatic carbocycles. The average Bonchev–Trinajstić information content (AvgIpc) is 2.62. The van der Waals surface area contributed by atoms with E-state index in [4.69, 9.17) is 12.2 Å². The summed E-state index contributed by atoms with van der Waals surface area (Å²) in [5, 5.41) is 7.33. The highest BCUT2D eigenvalue weighted by Gasteiger charge is 2.17. The van der Waals surface area contributed by atoms with Crippen LogP contribution in [0, 0.1) is 4.77 Å². The summed E-state index contributed by atoms with van der Waals surface area (Å²) in [4.78, 5) is 0. The molecule has 1 unspecified atom stereocenters. The van der Waals surface area contributed by atoms with E-state index in [9.17, 15) is 0 Å². The van der Waals surface area contributed by atoms with Crippen LogP contribution in [0.3, 0.4) is 0 Å². The summed E-state index contributed by atoms with van der Waals surface area (Å²) in [6, 6.07) is 0.386. The molecule has 1 atom stereocenters. The molecule has 1 N–H and O–H groups in total. The zero-order chi connectivity index (χ0) is 12.1. The van der Waals surface area contributed by atoms with E-state index in [0.29, 0.717) is 12.0 Å². The van der Waals surface area contributed by atoms with Gasteiger partial charge in [0.05, 0.1) is 0 Å². The van der Waals surface area contributed by atoms with Gasteiger partial charge in [-0.1, -0.05) is 26.7 Å². The van der Waals surface area contributed by atoms with Crippen LogP contribution in [0.15, 0.2) is 0 Å². The summed E-state index contributed by atoms with van der Waals surface area (Å²) < 4.78 is 2.90. The standard InChI is InChI=1S/C12H23N3S/c1-5-7-8-10(6-2)11-13-14-12(16)15(11)9(3)4/h9-10H,5-8H2,1-4H3,(H,14,16). The molecule has 0 radical (unpaired) electrons. The van der Waals surface area contributed by atoms with Gasteiger partial charge < -0.3 is 4.57 Å². The van der Waals surface area contributed by atoms with E-state index in [1.807, 2.05) is 0 Å². The van der Waals surface area contributed by atoms with Gasteiger partial charge in [0.25, 0.3) is 0 Å². The zero-order valence-corrected chi connectivity index (χ0v) is 11.6. The molecule has 1 aromatic heterocycles. The van der Waals surface area contributed by atoms with Crippen LogP contribution in [0.25, 0.3) is 0 Å². The first kappa shape index (κ1) is 13.4. The molecule has 16 heavy (non-hydrogen) atoms. The van der Waals surface area contributed by atoms with Crippen LogP contribution in [0.1, 0.15) is 71.2 Å². The topological polar surface area (TPSA) is 33.6 Å². The van der Waals surface area contributed by atoms with Crippen molar-refractivity contribution in [2.75, 3.05) is 0 Å². The van der Waals surface area contributed by atoms with Crippen LogP contribution in [-0.2, 0) is 0 Å². The predicted molar refractivity (Wildman–Crippen MR) is 70.4 cm³/mol. The predicted octanol–water partition coefficient (Wildman–Crippen LogP) is 4.21. The third kappa shape index (κ3) is 2.94. The summed E-state index contributed by atoms with van der Waals surface area (Å²) in [5.41, 5.74) is 0. The van der Waals surface area contributed by atoms with Crippen molar-refractivity contribution in [1.82, 2.24) is 14.8 Å². The fourth-order valence-corrected chi connectivity index (χ4v) is 2.42. The van der Waals surface area contributed by atoms with Gasteiger partial charge in [-0.15, -0.1) is 0 Å². The number of nitrogens with one attached hydrogen (secondary N) is 1. The Morgan fingerprint density at radius 3 is 2.56 bits per heavy atom. The molecule has 0 fully saturated rings. The average molecular weight is 241 g/mol. The molecule has 1 rings (SSSR count). The molecule has 1 heterocycles. The maximum atomic E-state index is 5.27. The number of aromatic amines is 1. The van der Waals surface area contributed by atoms with Crippen molar-refractivity contribution in [3.8, 4) is 0 Å². The van der Waals surface area contributed by atoms with E-state index < -0.39 is 0 Å². The lowest BCUT2D eigenvalue weighted by Crippen LogP contribution is -2.11. The SMILES string of the molecule is CCCCC(CC)c1n[nH]c(=S)n1C(C)C. The molecular formula is C12H23N3S. The number of hydrogen-bond donors (Lipinski definition) is 1. The Morgan fingerprint density at radius 1 is 1.38 bits per heavy atom. The maximum absolute atomic E-state index is 5.27. The van der Waals surface area contributed by atoms with Gasteiger partial charge in [0.15, 0.2) is 4.77 Å². The van der Waals surface area contributed by atoms with E-state index in [2.05, 4.69) is 42.5 Å². The molecular weight excluding hydrogens is 218 g/mol. The molecule has 0 aliphatic heterocycles. The molecule has 3 nitrogen and oxygen atoms in total. The van der Waals surface area contributed by atoms with E-state index in [0.717, 1.165) is 17.0 Å². The van der Waals surface area contributed by atoms with Gasteiger partial charge in [0, 0.05) is 12.0 Å². The number of H-pyrrole nitrogens is 1. The molecule has 0 aliphatic carbocycles. The van der Waals surface area contributed by atoms with Crippen LogP contribution in [0.4, 0.5) is 0 Å². The lowest BCUT2D eigenvalue weighted by Gasteiger charge is -2.17. The highest BCUT2D eigenvalue weighted by atomic mass is 32.1. The minimum absolute atomic E-state index is 0.386. The number of nitrogens with zero attached hydrogens (tertiary/aromatic N) is 2. The van der Waals surface area contributed by atoms with Crippen molar-refractivity contribution in [3.63, 3.8) is 0 Å². The molecule has 0 saturated carbocycles. The lowest BCUT2D eigenvalue weighted by atomic mass is 9.98. The lowest BCUT2D eigenvalue weighted by molar-refractivity contribution is 0.481. The van der Waals surface area contributed by atoms with E-state index in [1.165, 1.54) is 19.3 Å². The Labute approximate surface area is 103 Å². The normalized spacial score (nSPS) is 13.3. The number of unbranched alkanes of at least 4 members (excludes halogenated alkanes) is 1. The van der Waals surface area contributed by atoms with Crippen LogP contribution in [-0.4, -0.2) is 14.8 Å². The number of rotatable bonds is 6. The zero-order valence-electron chi connectivity index (χ0n) is 10.8. The fourth-order valence-electron chi connectivity index (χ4n) is 2.07. The minimum Gasteiger partial charge on any atom is -0.301 e. The monoisotopic (exact) mass is 241 g/mol. The Morgan fingerprint density at radius 2 is 2.06 bits per heavy atom. The first-order chi connectivity index (χ1) is 7.61. The third-order valence-electron chi connectivity index (χ3n) is 3.01. The summed E-state index contributed by atoms with van der Waals surface area (Å²) in [6.07, 6.45) is 4.84. The second-order valence-electron chi connectivity index (χ2n) is 4.60. The van der Waals surface area contributed by atoms with Crippen LogP contribution in [0.5, 0.6) is 0 Å². The Hall–Kier alpha value is -0.640.